The standard InChI is InChI=1S/C12H13N3O2S3/c1-8-14-7-11(19-8)20(16,17)15(2)10-6-4-3-5-9(10)12(13)18/h3-7H,1-2H3,(H2,13,18). The Kier molecular flexibility index (Phi) is 4.07. The van der Waals surface area contributed by atoms with Gasteiger partial charge in [-0.05, 0) is 19.1 Å². The summed E-state index contributed by atoms with van der Waals surface area (Å²) in [6, 6.07) is 6.86. The summed E-state index contributed by atoms with van der Waals surface area (Å²) in [6.07, 6.45) is 1.36. The van der Waals surface area contributed by atoms with Crippen LogP contribution in [-0.2, 0) is 10.0 Å². The predicted octanol–water partition coefficient (Wildman–Crippen LogP) is 1.91. The molecule has 0 radical (unpaired) electrons. The van der Waals surface area contributed by atoms with Gasteiger partial charge in [-0.1, -0.05) is 24.4 Å². The summed E-state index contributed by atoms with van der Waals surface area (Å²) in [5.74, 6) is 0. The molecule has 2 N–H and O–H groups in total. The van der Waals surface area contributed by atoms with Crippen LogP contribution in [-0.4, -0.2) is 25.4 Å². The minimum Gasteiger partial charge on any atom is -0.389 e. The van der Waals surface area contributed by atoms with E-state index in [0.717, 1.165) is 11.3 Å². The second-order valence-electron chi connectivity index (χ2n) is 4.05. The molecule has 0 aliphatic heterocycles. The van der Waals surface area contributed by atoms with E-state index in [0.29, 0.717) is 16.3 Å². The SMILES string of the molecule is Cc1ncc(S(=O)(=O)N(C)c2ccccc2C(N)=S)s1. The first-order valence-electron chi connectivity index (χ1n) is 5.64. The van der Waals surface area contributed by atoms with Crippen molar-refractivity contribution in [1.29, 1.82) is 0 Å². The number of hydrogen-bond acceptors (Lipinski definition) is 5. The Bertz CT molecular complexity index is 753. The molecule has 20 heavy (non-hydrogen) atoms. The first kappa shape index (κ1) is 14.9. The fraction of sp³-hybridized carbons (Fsp3) is 0.167. The van der Waals surface area contributed by atoms with Crippen molar-refractivity contribution in [3.63, 3.8) is 0 Å². The Morgan fingerprint density at radius 3 is 2.60 bits per heavy atom. The lowest BCUT2D eigenvalue weighted by atomic mass is 10.2. The number of aromatic nitrogens is 1. The van der Waals surface area contributed by atoms with Crippen molar-refractivity contribution in [1.82, 2.24) is 4.98 Å². The number of thiocarbonyl (C=S) groups is 1. The van der Waals surface area contributed by atoms with Crippen molar-refractivity contribution in [2.45, 2.75) is 11.1 Å². The fourth-order valence-corrected chi connectivity index (χ4v) is 4.35. The number of rotatable bonds is 4. The molecule has 1 aromatic heterocycles. The van der Waals surface area contributed by atoms with Crippen LogP contribution < -0.4 is 10.0 Å². The van der Waals surface area contributed by atoms with Crippen LogP contribution in [0.25, 0.3) is 0 Å². The van der Waals surface area contributed by atoms with Crippen molar-refractivity contribution < 1.29 is 8.42 Å². The molecule has 2 rings (SSSR count). The summed E-state index contributed by atoms with van der Waals surface area (Å²) in [5.41, 5.74) is 6.61. The fourth-order valence-electron chi connectivity index (χ4n) is 1.68. The maximum atomic E-state index is 12.5. The molecular formula is C12H13N3O2S3. The number of thiazole rings is 1. The van der Waals surface area contributed by atoms with Crippen LogP contribution in [0.2, 0.25) is 0 Å². The summed E-state index contributed by atoms with van der Waals surface area (Å²) < 4.78 is 26.4. The van der Waals surface area contributed by atoms with Gasteiger partial charge in [0.1, 0.15) is 4.99 Å². The molecule has 0 aliphatic carbocycles. The topological polar surface area (TPSA) is 76.3 Å². The molecule has 0 saturated heterocycles. The highest BCUT2D eigenvalue weighted by atomic mass is 32.2. The molecule has 0 atom stereocenters. The van der Waals surface area contributed by atoms with Crippen molar-refractivity contribution in [2.24, 2.45) is 5.73 Å². The molecule has 5 nitrogen and oxygen atoms in total. The van der Waals surface area contributed by atoms with E-state index in [1.807, 2.05) is 0 Å². The van der Waals surface area contributed by atoms with E-state index in [9.17, 15) is 8.42 Å². The third-order valence-corrected chi connectivity index (χ3v) is 6.06. The van der Waals surface area contributed by atoms with Crippen LogP contribution in [0.4, 0.5) is 5.69 Å². The van der Waals surface area contributed by atoms with Crippen LogP contribution in [0, 0.1) is 6.92 Å². The second kappa shape index (κ2) is 5.47. The van der Waals surface area contributed by atoms with Crippen molar-refractivity contribution in [3.05, 3.63) is 41.0 Å². The first-order chi connectivity index (χ1) is 9.34. The monoisotopic (exact) mass is 327 g/mol. The molecular weight excluding hydrogens is 314 g/mol. The number of anilines is 1. The van der Waals surface area contributed by atoms with Gasteiger partial charge in [0.2, 0.25) is 0 Å². The third-order valence-electron chi connectivity index (χ3n) is 2.72. The van der Waals surface area contributed by atoms with E-state index < -0.39 is 10.0 Å². The molecule has 0 bridgehead atoms. The zero-order valence-electron chi connectivity index (χ0n) is 10.9. The Labute approximate surface area is 127 Å². The molecule has 0 saturated carbocycles. The number of benzene rings is 1. The van der Waals surface area contributed by atoms with Crippen LogP contribution >= 0.6 is 23.6 Å². The van der Waals surface area contributed by atoms with Gasteiger partial charge in [-0.3, -0.25) is 4.31 Å². The van der Waals surface area contributed by atoms with Gasteiger partial charge in [0.25, 0.3) is 10.0 Å². The van der Waals surface area contributed by atoms with E-state index in [2.05, 4.69) is 4.98 Å². The van der Waals surface area contributed by atoms with Crippen LogP contribution in [0.3, 0.4) is 0 Å². The quantitative estimate of drug-likeness (QED) is 0.868. The second-order valence-corrected chi connectivity index (χ2v) is 7.92. The average molecular weight is 327 g/mol. The zero-order valence-corrected chi connectivity index (χ0v) is 13.3. The lowest BCUT2D eigenvalue weighted by Gasteiger charge is -2.20. The summed E-state index contributed by atoms with van der Waals surface area (Å²) in [6.45, 7) is 1.76. The minimum atomic E-state index is -3.65. The number of para-hydroxylation sites is 1. The molecule has 1 heterocycles. The van der Waals surface area contributed by atoms with Gasteiger partial charge in [0, 0.05) is 12.6 Å². The molecule has 0 spiro atoms. The van der Waals surface area contributed by atoms with Gasteiger partial charge in [0.15, 0.2) is 4.21 Å². The van der Waals surface area contributed by atoms with Gasteiger partial charge in [-0.25, -0.2) is 13.4 Å². The van der Waals surface area contributed by atoms with Crippen molar-refractivity contribution in [2.75, 3.05) is 11.4 Å². The third kappa shape index (κ3) is 2.67. The Morgan fingerprint density at radius 2 is 2.05 bits per heavy atom. The minimum absolute atomic E-state index is 0.156. The van der Waals surface area contributed by atoms with E-state index in [1.165, 1.54) is 17.5 Å². The normalized spacial score (nSPS) is 11.3. The van der Waals surface area contributed by atoms with Gasteiger partial charge in [-0.2, -0.15) is 0 Å². The molecule has 0 unspecified atom stereocenters. The summed E-state index contributed by atoms with van der Waals surface area (Å²) in [7, 11) is -2.18. The number of hydrogen-bond donors (Lipinski definition) is 1. The van der Waals surface area contributed by atoms with Crippen molar-refractivity contribution in [3.8, 4) is 0 Å². The Balaban J connectivity index is 2.51. The highest BCUT2D eigenvalue weighted by Gasteiger charge is 2.25. The van der Waals surface area contributed by atoms with Gasteiger partial charge in [0.05, 0.1) is 16.9 Å². The zero-order chi connectivity index (χ0) is 14.9. The highest BCUT2D eigenvalue weighted by molar-refractivity contribution is 7.94. The molecule has 0 amide bonds. The van der Waals surface area contributed by atoms with Crippen LogP contribution in [0.1, 0.15) is 10.6 Å². The molecule has 106 valence electrons. The van der Waals surface area contributed by atoms with E-state index in [1.54, 1.807) is 31.2 Å². The number of aryl methyl sites for hydroxylation is 1. The first-order valence-corrected chi connectivity index (χ1v) is 8.30. The summed E-state index contributed by atoms with van der Waals surface area (Å²) in [5, 5.41) is 0.694. The lowest BCUT2D eigenvalue weighted by Crippen LogP contribution is -2.28. The maximum Gasteiger partial charge on any atom is 0.275 e. The van der Waals surface area contributed by atoms with E-state index in [4.69, 9.17) is 18.0 Å². The molecule has 2 aromatic rings. The smallest absolute Gasteiger partial charge is 0.275 e. The Morgan fingerprint density at radius 1 is 1.40 bits per heavy atom. The maximum absolute atomic E-state index is 12.5. The Hall–Kier alpha value is -1.51. The molecule has 0 fully saturated rings. The van der Waals surface area contributed by atoms with Gasteiger partial charge in [-0.15, -0.1) is 11.3 Å². The average Bonchev–Trinajstić information content (AvgIpc) is 2.85. The van der Waals surface area contributed by atoms with Crippen molar-refractivity contribution >= 4 is 44.3 Å². The number of nitrogens with zero attached hydrogens (tertiary/aromatic N) is 2. The van der Waals surface area contributed by atoms with E-state index in [-0.39, 0.29) is 9.20 Å². The highest BCUT2D eigenvalue weighted by Crippen LogP contribution is 2.28. The van der Waals surface area contributed by atoms with Gasteiger partial charge >= 0.3 is 0 Å². The van der Waals surface area contributed by atoms with E-state index >= 15 is 0 Å². The summed E-state index contributed by atoms with van der Waals surface area (Å²) in [4.78, 5) is 4.13. The predicted molar refractivity (Wildman–Crippen MR) is 84.8 cm³/mol. The number of sulfonamides is 1. The van der Waals surface area contributed by atoms with Crippen LogP contribution in [0.5, 0.6) is 0 Å². The molecule has 1 aromatic carbocycles. The molecule has 8 heteroatoms. The lowest BCUT2D eigenvalue weighted by molar-refractivity contribution is 0.596. The summed E-state index contributed by atoms with van der Waals surface area (Å²) >= 11 is 6.09. The number of nitrogens with two attached hydrogens (primary N) is 1. The van der Waals surface area contributed by atoms with Gasteiger partial charge < -0.3 is 5.73 Å². The van der Waals surface area contributed by atoms with Crippen LogP contribution in [0.15, 0.2) is 34.7 Å². The molecule has 0 aliphatic rings. The largest absolute Gasteiger partial charge is 0.389 e.